The number of nitrogens with zero attached hydrogens (tertiary/aromatic N) is 2. The highest BCUT2D eigenvalue weighted by molar-refractivity contribution is 5.67. The van der Waals surface area contributed by atoms with Crippen LogP contribution in [0.4, 0.5) is 0 Å². The molecular weight excluding hydrogens is 769 g/mol. The zero-order valence-corrected chi connectivity index (χ0v) is 40.6. The van der Waals surface area contributed by atoms with Crippen LogP contribution in [0.5, 0.6) is 23.0 Å². The third-order valence-electron chi connectivity index (χ3n) is 12.1. The van der Waals surface area contributed by atoms with Gasteiger partial charge in [-0.15, -0.1) is 10.2 Å². The SMILES string of the molecule is CCCCCCCCCCCCOc1cc(-c2nnc(-c3ccc(OCCCCC)cc3)o2)cc(OCCCCCCCCCCCC)c1OCCCCCCCCCCCC. The van der Waals surface area contributed by atoms with Gasteiger partial charge >= 0.3 is 0 Å². The molecule has 0 aliphatic carbocycles. The van der Waals surface area contributed by atoms with Crippen molar-refractivity contribution in [3.8, 4) is 45.9 Å². The summed E-state index contributed by atoms with van der Waals surface area (Å²) >= 11 is 0. The van der Waals surface area contributed by atoms with Gasteiger partial charge in [-0.1, -0.05) is 214 Å². The van der Waals surface area contributed by atoms with Crippen LogP contribution in [-0.2, 0) is 0 Å². The average molecular weight is 861 g/mol. The molecule has 0 aliphatic heterocycles. The van der Waals surface area contributed by atoms with E-state index in [1.807, 2.05) is 36.4 Å². The minimum absolute atomic E-state index is 0.439. The zero-order chi connectivity index (χ0) is 44.0. The maximum Gasteiger partial charge on any atom is 0.248 e. The Labute approximate surface area is 380 Å². The predicted molar refractivity (Wildman–Crippen MR) is 262 cm³/mol. The highest BCUT2D eigenvalue weighted by Gasteiger charge is 2.20. The summed E-state index contributed by atoms with van der Waals surface area (Å²) in [6.07, 6.45) is 42.1. The first-order chi connectivity index (χ1) is 30.7. The van der Waals surface area contributed by atoms with Gasteiger partial charge in [0.2, 0.25) is 17.5 Å². The molecule has 0 unspecified atom stereocenters. The van der Waals surface area contributed by atoms with Gasteiger partial charge in [-0.25, -0.2) is 0 Å². The van der Waals surface area contributed by atoms with Crippen molar-refractivity contribution >= 4 is 0 Å². The van der Waals surface area contributed by atoms with E-state index in [1.165, 1.54) is 186 Å². The summed E-state index contributed by atoms with van der Waals surface area (Å²) in [6.45, 7) is 11.7. The Morgan fingerprint density at radius 2 is 0.645 bits per heavy atom. The minimum Gasteiger partial charge on any atom is -0.494 e. The molecular formula is C55H92N2O5. The Hall–Kier alpha value is -3.22. The van der Waals surface area contributed by atoms with Crippen molar-refractivity contribution in [2.75, 3.05) is 26.4 Å². The van der Waals surface area contributed by atoms with Crippen LogP contribution in [0.2, 0.25) is 0 Å². The molecule has 0 fully saturated rings. The normalized spacial score (nSPS) is 11.4. The molecule has 0 amide bonds. The summed E-state index contributed by atoms with van der Waals surface area (Å²) in [6, 6.07) is 12.0. The molecule has 3 rings (SSSR count). The van der Waals surface area contributed by atoms with Crippen molar-refractivity contribution in [2.45, 2.75) is 240 Å². The highest BCUT2D eigenvalue weighted by atomic mass is 16.5. The molecule has 7 nitrogen and oxygen atoms in total. The smallest absolute Gasteiger partial charge is 0.248 e. The Balaban J connectivity index is 1.70. The zero-order valence-electron chi connectivity index (χ0n) is 40.6. The van der Waals surface area contributed by atoms with E-state index in [2.05, 4.69) is 37.9 Å². The molecule has 7 heteroatoms. The molecule has 0 saturated carbocycles. The van der Waals surface area contributed by atoms with Gasteiger partial charge in [-0.3, -0.25) is 0 Å². The van der Waals surface area contributed by atoms with Crippen LogP contribution >= 0.6 is 0 Å². The van der Waals surface area contributed by atoms with E-state index in [0.29, 0.717) is 48.9 Å². The molecule has 0 saturated heterocycles. The monoisotopic (exact) mass is 861 g/mol. The average Bonchev–Trinajstić information content (AvgIpc) is 3.79. The van der Waals surface area contributed by atoms with E-state index in [-0.39, 0.29) is 0 Å². The standard InChI is InChI=1S/C55H92N2O5/c1-5-9-13-16-19-22-25-28-31-35-43-59-51-46-49(55-57-56-54(62-55)48-38-40-50(41-39-48)58-42-34-12-8-4)47-52(60-44-36-32-29-26-23-20-17-14-10-6-2)53(51)61-45-37-33-30-27-24-21-18-15-11-7-3/h38-41,46-47H,5-37,42-45H2,1-4H3. The highest BCUT2D eigenvalue weighted by Crippen LogP contribution is 2.42. The molecule has 0 radical (unpaired) electrons. The quantitative estimate of drug-likeness (QED) is 0.0525. The second-order valence-electron chi connectivity index (χ2n) is 17.9. The minimum atomic E-state index is 0.439. The van der Waals surface area contributed by atoms with Crippen LogP contribution in [0, 0.1) is 0 Å². The lowest BCUT2D eigenvalue weighted by Gasteiger charge is -2.18. The lowest BCUT2D eigenvalue weighted by atomic mass is 10.1. The summed E-state index contributed by atoms with van der Waals surface area (Å²) in [7, 11) is 0. The van der Waals surface area contributed by atoms with E-state index in [4.69, 9.17) is 23.4 Å². The summed E-state index contributed by atoms with van der Waals surface area (Å²) in [5.41, 5.74) is 1.64. The molecule has 0 spiro atoms. The molecule has 0 aliphatic rings. The molecule has 62 heavy (non-hydrogen) atoms. The Morgan fingerprint density at radius 3 is 1.05 bits per heavy atom. The van der Waals surface area contributed by atoms with Crippen molar-refractivity contribution in [3.63, 3.8) is 0 Å². The van der Waals surface area contributed by atoms with Crippen LogP contribution < -0.4 is 18.9 Å². The van der Waals surface area contributed by atoms with Gasteiger partial charge in [0, 0.05) is 11.1 Å². The summed E-state index contributed by atoms with van der Waals surface area (Å²) in [4.78, 5) is 0. The largest absolute Gasteiger partial charge is 0.494 e. The van der Waals surface area contributed by atoms with Crippen molar-refractivity contribution in [2.24, 2.45) is 0 Å². The van der Waals surface area contributed by atoms with Crippen LogP contribution in [0.3, 0.4) is 0 Å². The summed E-state index contributed by atoms with van der Waals surface area (Å²) in [5.74, 6) is 3.87. The van der Waals surface area contributed by atoms with Gasteiger partial charge in [0.25, 0.3) is 0 Å². The van der Waals surface area contributed by atoms with Gasteiger partial charge < -0.3 is 23.4 Å². The fourth-order valence-electron chi connectivity index (χ4n) is 8.06. The van der Waals surface area contributed by atoms with Gasteiger partial charge in [0.15, 0.2) is 11.5 Å². The van der Waals surface area contributed by atoms with Crippen molar-refractivity contribution in [1.29, 1.82) is 0 Å². The first kappa shape index (κ1) is 53.1. The molecule has 1 aromatic heterocycles. The number of hydrogen-bond donors (Lipinski definition) is 0. The van der Waals surface area contributed by atoms with Gasteiger partial charge in [0.05, 0.1) is 26.4 Å². The Kier molecular flexibility index (Phi) is 31.9. The number of rotatable bonds is 43. The van der Waals surface area contributed by atoms with Gasteiger partial charge in [-0.2, -0.15) is 0 Å². The number of unbranched alkanes of at least 4 members (excludes halogenated alkanes) is 29. The Morgan fingerprint density at radius 1 is 0.339 bits per heavy atom. The molecule has 2 aromatic carbocycles. The summed E-state index contributed by atoms with van der Waals surface area (Å²) < 4.78 is 32.1. The van der Waals surface area contributed by atoms with Crippen LogP contribution in [0.1, 0.15) is 240 Å². The fourth-order valence-corrected chi connectivity index (χ4v) is 8.06. The van der Waals surface area contributed by atoms with Gasteiger partial charge in [0.1, 0.15) is 5.75 Å². The number of aromatic nitrogens is 2. The van der Waals surface area contributed by atoms with E-state index in [0.717, 1.165) is 49.2 Å². The molecule has 352 valence electrons. The first-order valence-electron chi connectivity index (χ1n) is 26.3. The predicted octanol–water partition coefficient (Wildman–Crippen LogP) is 17.9. The van der Waals surface area contributed by atoms with Crippen molar-refractivity contribution in [3.05, 3.63) is 36.4 Å². The van der Waals surface area contributed by atoms with E-state index in [9.17, 15) is 0 Å². The van der Waals surface area contributed by atoms with Gasteiger partial charge in [-0.05, 0) is 62.1 Å². The number of hydrogen-bond acceptors (Lipinski definition) is 7. The Bertz CT molecular complexity index is 1410. The van der Waals surface area contributed by atoms with Crippen LogP contribution in [0.15, 0.2) is 40.8 Å². The lowest BCUT2D eigenvalue weighted by Crippen LogP contribution is -2.07. The second kappa shape index (κ2) is 37.2. The fraction of sp³-hybridized carbons (Fsp3) is 0.745. The number of ether oxygens (including phenoxy) is 4. The molecule has 3 aromatic rings. The molecule has 0 bridgehead atoms. The number of benzene rings is 2. The third kappa shape index (κ3) is 24.6. The lowest BCUT2D eigenvalue weighted by molar-refractivity contribution is 0.234. The van der Waals surface area contributed by atoms with Crippen molar-refractivity contribution in [1.82, 2.24) is 10.2 Å². The molecule has 0 atom stereocenters. The molecule has 0 N–H and O–H groups in total. The first-order valence-corrected chi connectivity index (χ1v) is 26.3. The van der Waals surface area contributed by atoms with E-state index < -0.39 is 0 Å². The van der Waals surface area contributed by atoms with Crippen molar-refractivity contribution < 1.29 is 23.4 Å². The van der Waals surface area contributed by atoms with E-state index in [1.54, 1.807) is 0 Å². The maximum atomic E-state index is 6.63. The van der Waals surface area contributed by atoms with Crippen LogP contribution in [-0.4, -0.2) is 36.6 Å². The maximum absolute atomic E-state index is 6.63. The topological polar surface area (TPSA) is 75.8 Å². The van der Waals surface area contributed by atoms with E-state index >= 15 is 0 Å². The molecule has 1 heterocycles. The third-order valence-corrected chi connectivity index (χ3v) is 12.1. The summed E-state index contributed by atoms with van der Waals surface area (Å²) in [5, 5.41) is 8.99. The second-order valence-corrected chi connectivity index (χ2v) is 17.9. The van der Waals surface area contributed by atoms with Crippen LogP contribution in [0.25, 0.3) is 22.9 Å².